The number of urea groups is 1. The Labute approximate surface area is 158 Å². The molecule has 11 heteroatoms. The monoisotopic (exact) mass is 397 g/mol. The molecule has 0 bridgehead atoms. The molecule has 0 saturated carbocycles. The summed E-state index contributed by atoms with van der Waals surface area (Å²) >= 11 is 0. The highest BCUT2D eigenvalue weighted by molar-refractivity contribution is 5.96. The summed E-state index contributed by atoms with van der Waals surface area (Å²) in [5.41, 5.74) is -2.75. The number of hydrogen-bond acceptors (Lipinski definition) is 4. The van der Waals surface area contributed by atoms with Gasteiger partial charge in [-0.15, -0.1) is 0 Å². The molecule has 1 fully saturated rings. The number of halogens is 3. The molecule has 1 unspecified atom stereocenters. The van der Waals surface area contributed by atoms with E-state index >= 15 is 0 Å². The zero-order chi connectivity index (χ0) is 20.5. The van der Waals surface area contributed by atoms with Crippen molar-refractivity contribution in [2.45, 2.75) is 18.2 Å². The minimum Gasteiger partial charge on any atom is -0.374 e. The van der Waals surface area contributed by atoms with Gasteiger partial charge in [0.25, 0.3) is 0 Å². The van der Waals surface area contributed by atoms with Gasteiger partial charge in [-0.2, -0.15) is 13.2 Å². The van der Waals surface area contributed by atoms with Crippen molar-refractivity contribution in [2.75, 3.05) is 23.3 Å². The van der Waals surface area contributed by atoms with E-state index in [0.29, 0.717) is 18.8 Å². The van der Waals surface area contributed by atoms with Crippen LogP contribution in [-0.2, 0) is 17.4 Å². The molecule has 8 nitrogen and oxygen atoms in total. The van der Waals surface area contributed by atoms with E-state index in [2.05, 4.69) is 15.6 Å². The van der Waals surface area contributed by atoms with Gasteiger partial charge in [-0.05, 0) is 18.2 Å². The molecular formula is C17H18F3N5O3. The van der Waals surface area contributed by atoms with E-state index in [-0.39, 0.29) is 11.7 Å². The normalized spacial score (nSPS) is 16.6. The summed E-state index contributed by atoms with van der Waals surface area (Å²) < 4.78 is 41.6. The van der Waals surface area contributed by atoms with Crippen LogP contribution < -0.4 is 15.5 Å². The number of nitrogens with zero attached hydrogens (tertiary/aromatic N) is 3. The minimum absolute atomic E-state index is 0.201. The van der Waals surface area contributed by atoms with Crippen LogP contribution in [-0.4, -0.2) is 45.9 Å². The van der Waals surface area contributed by atoms with Gasteiger partial charge in [-0.25, -0.2) is 9.78 Å². The summed E-state index contributed by atoms with van der Waals surface area (Å²) in [6, 6.07) is 5.84. The molecule has 0 spiro atoms. The van der Waals surface area contributed by atoms with Crippen molar-refractivity contribution in [3.8, 4) is 0 Å². The summed E-state index contributed by atoms with van der Waals surface area (Å²) in [6.07, 6.45) is -4.03. The minimum atomic E-state index is -5.11. The fourth-order valence-electron chi connectivity index (χ4n) is 2.98. The number of rotatable bonds is 5. The zero-order valence-corrected chi connectivity index (χ0v) is 14.8. The number of aromatic nitrogens is 2. The number of hydrogen-bond donors (Lipinski definition) is 3. The highest BCUT2D eigenvalue weighted by Gasteiger charge is 2.58. The average molecular weight is 397 g/mol. The number of imidazole rings is 1. The number of aryl methyl sites for hydroxylation is 1. The van der Waals surface area contributed by atoms with Gasteiger partial charge in [-0.1, -0.05) is 6.07 Å². The summed E-state index contributed by atoms with van der Waals surface area (Å²) in [6.45, 7) is 0.904. The molecule has 0 aliphatic carbocycles. The number of aliphatic hydroxyl groups is 1. The van der Waals surface area contributed by atoms with Gasteiger partial charge in [0.1, 0.15) is 0 Å². The van der Waals surface area contributed by atoms with Crippen molar-refractivity contribution in [3.63, 3.8) is 0 Å². The first-order valence-corrected chi connectivity index (χ1v) is 8.34. The second-order valence-electron chi connectivity index (χ2n) is 6.38. The third-order valence-corrected chi connectivity index (χ3v) is 4.37. The van der Waals surface area contributed by atoms with E-state index in [9.17, 15) is 27.9 Å². The molecule has 3 rings (SSSR count). The molecule has 1 atom stereocenters. The lowest BCUT2D eigenvalue weighted by Gasteiger charge is -2.29. The molecule has 150 valence electrons. The summed E-state index contributed by atoms with van der Waals surface area (Å²) in [5.74, 6) is -1.73. The van der Waals surface area contributed by atoms with Crippen molar-refractivity contribution < 1.29 is 27.9 Å². The number of benzene rings is 1. The second-order valence-corrected chi connectivity index (χ2v) is 6.38. The smallest absolute Gasteiger partial charge is 0.374 e. The highest BCUT2D eigenvalue weighted by atomic mass is 19.4. The van der Waals surface area contributed by atoms with Crippen LogP contribution in [0.25, 0.3) is 0 Å². The van der Waals surface area contributed by atoms with Gasteiger partial charge < -0.3 is 20.3 Å². The van der Waals surface area contributed by atoms with Crippen molar-refractivity contribution in [3.05, 3.63) is 42.5 Å². The highest BCUT2D eigenvalue weighted by Crippen LogP contribution is 2.41. The Balaban J connectivity index is 1.79. The molecule has 2 heterocycles. The van der Waals surface area contributed by atoms with Crippen molar-refractivity contribution in [1.82, 2.24) is 14.9 Å². The molecule has 1 saturated heterocycles. The zero-order valence-electron chi connectivity index (χ0n) is 14.8. The number of anilines is 2. The van der Waals surface area contributed by atoms with Crippen LogP contribution in [0.3, 0.4) is 0 Å². The lowest BCUT2D eigenvalue weighted by atomic mass is 9.97. The van der Waals surface area contributed by atoms with Crippen LogP contribution >= 0.6 is 0 Å². The van der Waals surface area contributed by atoms with E-state index in [0.717, 1.165) is 10.8 Å². The Bertz CT molecular complexity index is 898. The number of alkyl halides is 3. The van der Waals surface area contributed by atoms with Gasteiger partial charge in [-0.3, -0.25) is 9.69 Å². The van der Waals surface area contributed by atoms with Gasteiger partial charge in [0.2, 0.25) is 11.5 Å². The first kappa shape index (κ1) is 19.7. The number of amides is 3. The molecule has 3 amide bonds. The quantitative estimate of drug-likeness (QED) is 0.716. The first-order chi connectivity index (χ1) is 13.1. The van der Waals surface area contributed by atoms with Crippen LogP contribution in [0.2, 0.25) is 0 Å². The SMILES string of the molecule is Cn1ccnc1C(O)(CC(=O)Nc1cccc(N2CCNC2=O)c1)C(F)(F)F. The third kappa shape index (κ3) is 3.65. The Kier molecular flexibility index (Phi) is 5.02. The molecule has 1 aliphatic heterocycles. The van der Waals surface area contributed by atoms with E-state index in [1.165, 1.54) is 30.3 Å². The van der Waals surface area contributed by atoms with Crippen LogP contribution in [0.5, 0.6) is 0 Å². The number of carbonyl (C=O) groups is 2. The first-order valence-electron chi connectivity index (χ1n) is 8.34. The Hall–Kier alpha value is -3.08. The predicted octanol–water partition coefficient (Wildman–Crippen LogP) is 1.73. The maximum Gasteiger partial charge on any atom is 0.425 e. The molecule has 2 aromatic rings. The fourth-order valence-corrected chi connectivity index (χ4v) is 2.98. The van der Waals surface area contributed by atoms with E-state index < -0.39 is 29.9 Å². The Morgan fingerprint density at radius 2 is 2.14 bits per heavy atom. The molecule has 28 heavy (non-hydrogen) atoms. The third-order valence-electron chi connectivity index (χ3n) is 4.37. The van der Waals surface area contributed by atoms with Gasteiger partial charge in [0.05, 0.1) is 6.42 Å². The molecule has 0 radical (unpaired) electrons. The maximum absolute atomic E-state index is 13.5. The van der Waals surface area contributed by atoms with Crippen molar-refractivity contribution in [1.29, 1.82) is 0 Å². The molecular weight excluding hydrogens is 379 g/mol. The molecule has 1 aromatic heterocycles. The van der Waals surface area contributed by atoms with Gasteiger partial charge >= 0.3 is 12.2 Å². The number of nitrogens with one attached hydrogen (secondary N) is 2. The van der Waals surface area contributed by atoms with Crippen LogP contribution in [0.15, 0.2) is 36.7 Å². The number of carbonyl (C=O) groups excluding carboxylic acids is 2. The van der Waals surface area contributed by atoms with E-state index in [4.69, 9.17) is 0 Å². The lowest BCUT2D eigenvalue weighted by molar-refractivity contribution is -0.270. The lowest BCUT2D eigenvalue weighted by Crippen LogP contribution is -2.46. The van der Waals surface area contributed by atoms with E-state index in [1.54, 1.807) is 12.1 Å². The van der Waals surface area contributed by atoms with Crippen LogP contribution in [0.4, 0.5) is 29.3 Å². The summed E-state index contributed by atoms with van der Waals surface area (Å²) in [4.78, 5) is 29.0. The molecule has 1 aliphatic rings. The molecule has 1 aromatic carbocycles. The van der Waals surface area contributed by atoms with Crippen molar-refractivity contribution >= 4 is 23.3 Å². The van der Waals surface area contributed by atoms with E-state index in [1.807, 2.05) is 0 Å². The second kappa shape index (κ2) is 7.15. The standard InChI is InChI=1S/C17H18F3N5O3/c1-24-7-5-21-14(24)16(28,17(18,19)20)10-13(26)23-11-3-2-4-12(9-11)25-8-6-22-15(25)27/h2-5,7,9,28H,6,8,10H2,1H3,(H,22,27)(H,23,26). The van der Waals surface area contributed by atoms with Gasteiger partial charge in [0, 0.05) is 43.9 Å². The summed E-state index contributed by atoms with van der Waals surface area (Å²) in [5, 5.41) is 15.2. The van der Waals surface area contributed by atoms with Crippen LogP contribution in [0.1, 0.15) is 12.2 Å². The van der Waals surface area contributed by atoms with Gasteiger partial charge in [0.15, 0.2) is 5.82 Å². The Morgan fingerprint density at radius 1 is 1.39 bits per heavy atom. The maximum atomic E-state index is 13.5. The Morgan fingerprint density at radius 3 is 2.71 bits per heavy atom. The predicted molar refractivity (Wildman–Crippen MR) is 93.6 cm³/mol. The van der Waals surface area contributed by atoms with Crippen LogP contribution in [0, 0.1) is 0 Å². The topological polar surface area (TPSA) is 99.5 Å². The largest absolute Gasteiger partial charge is 0.425 e. The fraction of sp³-hybridized carbons (Fsp3) is 0.353. The van der Waals surface area contributed by atoms with Crippen molar-refractivity contribution in [2.24, 2.45) is 7.05 Å². The molecule has 3 N–H and O–H groups in total. The average Bonchev–Trinajstić information content (AvgIpc) is 3.22. The summed E-state index contributed by atoms with van der Waals surface area (Å²) in [7, 11) is 1.29.